The van der Waals surface area contributed by atoms with E-state index in [4.69, 9.17) is 9.15 Å². The van der Waals surface area contributed by atoms with Crippen molar-refractivity contribution in [3.63, 3.8) is 0 Å². The van der Waals surface area contributed by atoms with E-state index >= 15 is 0 Å². The highest BCUT2D eigenvalue weighted by atomic mass is 16.5. The molecule has 1 saturated heterocycles. The Hall–Kier alpha value is -1.07. The second-order valence-corrected chi connectivity index (χ2v) is 5.82. The third kappa shape index (κ3) is 3.46. The fourth-order valence-corrected chi connectivity index (χ4v) is 1.97. The van der Waals surface area contributed by atoms with Crippen molar-refractivity contribution >= 4 is 6.01 Å². The molecule has 102 valence electrons. The Labute approximate surface area is 109 Å². The first-order valence-corrected chi connectivity index (χ1v) is 6.45. The lowest BCUT2D eigenvalue weighted by Crippen LogP contribution is -2.35. The minimum atomic E-state index is 0.0912. The number of anilines is 1. The fourth-order valence-electron chi connectivity index (χ4n) is 1.97. The van der Waals surface area contributed by atoms with Gasteiger partial charge in [-0.15, -0.1) is 0 Å². The summed E-state index contributed by atoms with van der Waals surface area (Å²) in [5.74, 6) is 0. The van der Waals surface area contributed by atoms with E-state index in [0.29, 0.717) is 12.1 Å². The maximum Gasteiger partial charge on any atom is 0.297 e. The Bertz CT molecular complexity index is 384. The highest BCUT2D eigenvalue weighted by Crippen LogP contribution is 2.21. The predicted molar refractivity (Wildman–Crippen MR) is 70.7 cm³/mol. The summed E-state index contributed by atoms with van der Waals surface area (Å²) in [6, 6.07) is 0.709. The molecule has 1 fully saturated rings. The lowest BCUT2D eigenvalue weighted by molar-refractivity contribution is 0.121. The molecule has 0 spiro atoms. The SMILES string of the molecule is COC1CCN(c2nc(CNC(C)(C)C)co2)C1. The molecule has 0 amide bonds. The van der Waals surface area contributed by atoms with Crippen molar-refractivity contribution in [1.82, 2.24) is 10.3 Å². The summed E-state index contributed by atoms with van der Waals surface area (Å²) in [7, 11) is 1.75. The van der Waals surface area contributed by atoms with Crippen LogP contribution in [-0.4, -0.2) is 36.8 Å². The molecule has 1 aliphatic rings. The molecule has 0 radical (unpaired) electrons. The first-order chi connectivity index (χ1) is 8.48. The van der Waals surface area contributed by atoms with Crippen LogP contribution in [0.15, 0.2) is 10.7 Å². The summed E-state index contributed by atoms with van der Waals surface area (Å²) in [5, 5.41) is 3.40. The number of nitrogens with one attached hydrogen (secondary N) is 1. The summed E-state index contributed by atoms with van der Waals surface area (Å²) >= 11 is 0. The van der Waals surface area contributed by atoms with Crippen molar-refractivity contribution in [2.24, 2.45) is 0 Å². The molecule has 1 unspecified atom stereocenters. The van der Waals surface area contributed by atoms with E-state index in [1.165, 1.54) is 0 Å². The van der Waals surface area contributed by atoms with Gasteiger partial charge in [-0.25, -0.2) is 0 Å². The fraction of sp³-hybridized carbons (Fsp3) is 0.769. The van der Waals surface area contributed by atoms with Crippen molar-refractivity contribution in [2.45, 2.75) is 45.4 Å². The van der Waals surface area contributed by atoms with Gasteiger partial charge in [0.05, 0.1) is 11.8 Å². The molecule has 0 bridgehead atoms. The van der Waals surface area contributed by atoms with Gasteiger partial charge < -0.3 is 19.4 Å². The number of aromatic nitrogens is 1. The van der Waals surface area contributed by atoms with Crippen LogP contribution >= 0.6 is 0 Å². The molecule has 1 N–H and O–H groups in total. The third-order valence-electron chi connectivity index (χ3n) is 3.09. The van der Waals surface area contributed by atoms with Crippen molar-refractivity contribution in [2.75, 3.05) is 25.1 Å². The van der Waals surface area contributed by atoms with E-state index in [1.807, 2.05) is 0 Å². The van der Waals surface area contributed by atoms with Gasteiger partial charge in [-0.1, -0.05) is 0 Å². The predicted octanol–water partition coefficient (Wildman–Crippen LogP) is 1.79. The number of oxazole rings is 1. The Morgan fingerprint density at radius 2 is 2.33 bits per heavy atom. The second-order valence-electron chi connectivity index (χ2n) is 5.82. The number of methoxy groups -OCH3 is 1. The van der Waals surface area contributed by atoms with E-state index in [0.717, 1.165) is 31.7 Å². The summed E-state index contributed by atoms with van der Waals surface area (Å²) in [4.78, 5) is 6.64. The lowest BCUT2D eigenvalue weighted by Gasteiger charge is -2.19. The van der Waals surface area contributed by atoms with Gasteiger partial charge >= 0.3 is 0 Å². The van der Waals surface area contributed by atoms with Crippen LogP contribution < -0.4 is 10.2 Å². The zero-order chi connectivity index (χ0) is 13.2. The van der Waals surface area contributed by atoms with Crippen molar-refractivity contribution in [3.05, 3.63) is 12.0 Å². The van der Waals surface area contributed by atoms with Gasteiger partial charge in [-0.3, -0.25) is 0 Å². The van der Waals surface area contributed by atoms with Crippen LogP contribution in [0.25, 0.3) is 0 Å². The van der Waals surface area contributed by atoms with Crippen molar-refractivity contribution < 1.29 is 9.15 Å². The zero-order valence-electron chi connectivity index (χ0n) is 11.7. The Kier molecular flexibility index (Phi) is 3.92. The van der Waals surface area contributed by atoms with Crippen LogP contribution in [0.5, 0.6) is 0 Å². The lowest BCUT2D eigenvalue weighted by atomic mass is 10.1. The molecule has 2 heterocycles. The maximum absolute atomic E-state index is 5.53. The molecule has 18 heavy (non-hydrogen) atoms. The minimum absolute atomic E-state index is 0.0912. The molecule has 5 heteroatoms. The van der Waals surface area contributed by atoms with Gasteiger partial charge in [-0.2, -0.15) is 4.98 Å². The standard InChI is InChI=1S/C13H23N3O2/c1-13(2,3)14-7-10-9-18-12(15-10)16-6-5-11(8-16)17-4/h9,11,14H,5-8H2,1-4H3. The van der Waals surface area contributed by atoms with Crippen LogP contribution in [0.3, 0.4) is 0 Å². The van der Waals surface area contributed by atoms with Gasteiger partial charge in [0.2, 0.25) is 0 Å². The summed E-state index contributed by atoms with van der Waals surface area (Å²) in [6.07, 6.45) is 3.07. The molecular weight excluding hydrogens is 230 g/mol. The van der Waals surface area contributed by atoms with E-state index < -0.39 is 0 Å². The number of hydrogen-bond donors (Lipinski definition) is 1. The Balaban J connectivity index is 1.90. The summed E-state index contributed by atoms with van der Waals surface area (Å²) in [6.45, 7) is 8.95. The smallest absolute Gasteiger partial charge is 0.297 e. The molecule has 1 aliphatic heterocycles. The molecule has 5 nitrogen and oxygen atoms in total. The van der Waals surface area contributed by atoms with Crippen molar-refractivity contribution in [1.29, 1.82) is 0 Å². The zero-order valence-corrected chi connectivity index (χ0v) is 11.7. The van der Waals surface area contributed by atoms with Crippen molar-refractivity contribution in [3.8, 4) is 0 Å². The molecule has 1 aromatic rings. The molecule has 1 atom stereocenters. The van der Waals surface area contributed by atoms with E-state index in [-0.39, 0.29) is 5.54 Å². The minimum Gasteiger partial charge on any atom is -0.432 e. The first kappa shape index (κ1) is 13.4. The largest absolute Gasteiger partial charge is 0.432 e. The average molecular weight is 253 g/mol. The quantitative estimate of drug-likeness (QED) is 0.886. The highest BCUT2D eigenvalue weighted by molar-refractivity contribution is 5.29. The van der Waals surface area contributed by atoms with Crippen LogP contribution in [0.2, 0.25) is 0 Å². The number of ether oxygens (including phenoxy) is 1. The van der Waals surface area contributed by atoms with Gasteiger partial charge in [0.15, 0.2) is 0 Å². The van der Waals surface area contributed by atoms with Gasteiger partial charge in [0.1, 0.15) is 6.26 Å². The highest BCUT2D eigenvalue weighted by Gasteiger charge is 2.25. The van der Waals surface area contributed by atoms with Crippen LogP contribution in [0, 0.1) is 0 Å². The Morgan fingerprint density at radius 1 is 1.56 bits per heavy atom. The van der Waals surface area contributed by atoms with Crippen LogP contribution in [0.4, 0.5) is 6.01 Å². The molecular formula is C13H23N3O2. The average Bonchev–Trinajstić information content (AvgIpc) is 2.94. The molecule has 0 aliphatic carbocycles. The van der Waals surface area contributed by atoms with E-state index in [1.54, 1.807) is 13.4 Å². The molecule has 0 saturated carbocycles. The first-order valence-electron chi connectivity index (χ1n) is 6.45. The molecule has 0 aromatic carbocycles. The van der Waals surface area contributed by atoms with E-state index in [2.05, 4.69) is 36.0 Å². The third-order valence-corrected chi connectivity index (χ3v) is 3.09. The number of nitrogens with zero attached hydrogens (tertiary/aromatic N) is 2. The number of hydrogen-bond acceptors (Lipinski definition) is 5. The second kappa shape index (κ2) is 5.28. The Morgan fingerprint density at radius 3 is 2.94 bits per heavy atom. The topological polar surface area (TPSA) is 50.5 Å². The number of rotatable bonds is 4. The van der Waals surface area contributed by atoms with E-state index in [9.17, 15) is 0 Å². The van der Waals surface area contributed by atoms with Crippen LogP contribution in [0.1, 0.15) is 32.9 Å². The van der Waals surface area contributed by atoms with Gasteiger partial charge in [0, 0.05) is 32.3 Å². The van der Waals surface area contributed by atoms with Gasteiger partial charge in [-0.05, 0) is 27.2 Å². The van der Waals surface area contributed by atoms with Gasteiger partial charge in [0.25, 0.3) is 6.01 Å². The monoisotopic (exact) mass is 253 g/mol. The summed E-state index contributed by atoms with van der Waals surface area (Å²) < 4.78 is 10.9. The maximum atomic E-state index is 5.53. The molecule has 1 aromatic heterocycles. The normalized spacial score (nSPS) is 20.7. The summed E-state index contributed by atoms with van der Waals surface area (Å²) in [5.41, 5.74) is 1.04. The molecule has 2 rings (SSSR count). The van der Waals surface area contributed by atoms with Crippen LogP contribution in [-0.2, 0) is 11.3 Å².